The molecule has 4 nitrogen and oxygen atoms in total. The summed E-state index contributed by atoms with van der Waals surface area (Å²) in [7, 11) is 0. The van der Waals surface area contributed by atoms with Gasteiger partial charge in [-0.1, -0.05) is 82.4 Å². The highest BCUT2D eigenvalue weighted by Crippen LogP contribution is 2.32. The van der Waals surface area contributed by atoms with Crippen molar-refractivity contribution in [3.63, 3.8) is 0 Å². The number of carbonyl (C=O) groups excluding carboxylic acids is 1. The largest absolute Gasteiger partial charge is 0.454 e. The number of allylic oxidation sites excluding steroid dienone is 4. The molecule has 0 atom stereocenters. The molecule has 2 rings (SSSR count). The fourth-order valence-corrected chi connectivity index (χ4v) is 3.33. The monoisotopic (exact) mass is 425 g/mol. The van der Waals surface area contributed by atoms with E-state index in [4.69, 9.17) is 9.47 Å². The smallest absolute Gasteiger partial charge is 0.243 e. The minimum absolute atomic E-state index is 0.0122. The van der Waals surface area contributed by atoms with E-state index in [2.05, 4.69) is 43.5 Å². The van der Waals surface area contributed by atoms with Crippen LogP contribution < -0.4 is 14.8 Å². The first-order valence-electron chi connectivity index (χ1n) is 11.8. The Bertz CT molecular complexity index is 734. The van der Waals surface area contributed by atoms with E-state index in [0.29, 0.717) is 12.7 Å². The zero-order valence-corrected chi connectivity index (χ0v) is 19.3. The molecule has 1 aromatic rings. The number of amides is 1. The molecule has 1 N–H and O–H groups in total. The number of unbranched alkanes of at least 4 members (excludes halogenated alkanes) is 8. The molecule has 1 aromatic carbocycles. The predicted molar refractivity (Wildman–Crippen MR) is 129 cm³/mol. The highest BCUT2D eigenvalue weighted by Gasteiger charge is 2.11. The molecule has 0 fully saturated rings. The molecular weight excluding hydrogens is 386 g/mol. The first kappa shape index (κ1) is 24.8. The lowest BCUT2D eigenvalue weighted by molar-refractivity contribution is -0.116. The second-order valence-electron chi connectivity index (χ2n) is 8.49. The average Bonchev–Trinajstić information content (AvgIpc) is 3.23. The van der Waals surface area contributed by atoms with Crippen molar-refractivity contribution in [2.24, 2.45) is 5.92 Å². The SMILES string of the molecule is CC(C)CNC(=O)C=CC=CCCCCCCCCCC=Cc1ccc2c(c1)OCO2. The van der Waals surface area contributed by atoms with Crippen molar-refractivity contribution < 1.29 is 14.3 Å². The lowest BCUT2D eigenvalue weighted by Gasteiger charge is -2.03. The van der Waals surface area contributed by atoms with Crippen LogP contribution in [-0.2, 0) is 4.79 Å². The predicted octanol–water partition coefficient (Wildman–Crippen LogP) is 6.82. The maximum Gasteiger partial charge on any atom is 0.243 e. The van der Waals surface area contributed by atoms with Gasteiger partial charge in [-0.15, -0.1) is 0 Å². The Balaban J connectivity index is 1.38. The summed E-state index contributed by atoms with van der Waals surface area (Å²) in [6, 6.07) is 6.08. The number of hydrogen-bond acceptors (Lipinski definition) is 3. The molecule has 0 radical (unpaired) electrons. The molecule has 170 valence electrons. The second-order valence-corrected chi connectivity index (χ2v) is 8.49. The number of benzene rings is 1. The Kier molecular flexibility index (Phi) is 12.3. The molecule has 1 aliphatic heterocycles. The van der Waals surface area contributed by atoms with E-state index < -0.39 is 0 Å². The van der Waals surface area contributed by atoms with E-state index in [0.717, 1.165) is 30.9 Å². The van der Waals surface area contributed by atoms with Crippen molar-refractivity contribution in [2.45, 2.75) is 71.6 Å². The van der Waals surface area contributed by atoms with Gasteiger partial charge in [0.15, 0.2) is 11.5 Å². The third-order valence-electron chi connectivity index (χ3n) is 5.13. The van der Waals surface area contributed by atoms with Gasteiger partial charge in [0, 0.05) is 12.6 Å². The highest BCUT2D eigenvalue weighted by molar-refractivity contribution is 5.87. The molecule has 1 aliphatic rings. The van der Waals surface area contributed by atoms with Crippen LogP contribution in [0.1, 0.15) is 77.2 Å². The van der Waals surface area contributed by atoms with Gasteiger partial charge in [-0.3, -0.25) is 4.79 Å². The van der Waals surface area contributed by atoms with E-state index >= 15 is 0 Å². The molecule has 0 aromatic heterocycles. The van der Waals surface area contributed by atoms with Crippen molar-refractivity contribution in [3.05, 3.63) is 54.1 Å². The second kappa shape index (κ2) is 15.3. The van der Waals surface area contributed by atoms with Crippen LogP contribution in [-0.4, -0.2) is 19.2 Å². The van der Waals surface area contributed by atoms with Gasteiger partial charge in [0.2, 0.25) is 12.7 Å². The van der Waals surface area contributed by atoms with E-state index in [1.54, 1.807) is 6.08 Å². The lowest BCUT2D eigenvalue weighted by Crippen LogP contribution is -2.25. The number of rotatable bonds is 15. The Morgan fingerprint density at radius 1 is 0.935 bits per heavy atom. The standard InChI is InChI=1S/C27H39NO3/c1-23(2)21-28-27(29)17-15-13-11-9-7-5-3-4-6-8-10-12-14-16-24-18-19-25-26(20-24)31-22-30-25/h11,13-20,23H,3-10,12,21-22H2,1-2H3,(H,28,29). The summed E-state index contributed by atoms with van der Waals surface area (Å²) >= 11 is 0. The van der Waals surface area contributed by atoms with Crippen molar-refractivity contribution in [2.75, 3.05) is 13.3 Å². The molecule has 0 bridgehead atoms. The first-order chi connectivity index (χ1) is 15.1. The van der Waals surface area contributed by atoms with Crippen molar-refractivity contribution >= 4 is 12.0 Å². The molecule has 4 heteroatoms. The van der Waals surface area contributed by atoms with E-state index in [1.807, 2.05) is 24.3 Å². The summed E-state index contributed by atoms with van der Waals surface area (Å²) < 4.78 is 10.7. The van der Waals surface area contributed by atoms with Crippen molar-refractivity contribution in [3.8, 4) is 11.5 Å². The number of nitrogens with one attached hydrogen (secondary N) is 1. The fraction of sp³-hybridized carbons (Fsp3) is 0.519. The van der Waals surface area contributed by atoms with Gasteiger partial charge >= 0.3 is 0 Å². The molecule has 0 saturated carbocycles. The number of ether oxygens (including phenoxy) is 2. The van der Waals surface area contributed by atoms with Crippen LogP contribution in [0.5, 0.6) is 11.5 Å². The third kappa shape index (κ3) is 11.5. The fourth-order valence-electron chi connectivity index (χ4n) is 3.33. The summed E-state index contributed by atoms with van der Waals surface area (Å²) in [5.41, 5.74) is 1.17. The van der Waals surface area contributed by atoms with Crippen LogP contribution in [0, 0.1) is 5.92 Å². The lowest BCUT2D eigenvalue weighted by atomic mass is 10.1. The van der Waals surface area contributed by atoms with E-state index in [-0.39, 0.29) is 5.91 Å². The quantitative estimate of drug-likeness (QED) is 0.190. The molecule has 1 amide bonds. The number of carbonyl (C=O) groups is 1. The normalized spacial score (nSPS) is 13.3. The van der Waals surface area contributed by atoms with E-state index in [1.165, 1.54) is 50.5 Å². The minimum Gasteiger partial charge on any atom is -0.454 e. The van der Waals surface area contributed by atoms with Crippen molar-refractivity contribution in [1.82, 2.24) is 5.32 Å². The average molecular weight is 426 g/mol. The van der Waals surface area contributed by atoms with Gasteiger partial charge in [-0.05, 0) is 49.3 Å². The molecule has 0 spiro atoms. The van der Waals surface area contributed by atoms with Crippen LogP contribution in [0.4, 0.5) is 0 Å². The summed E-state index contributed by atoms with van der Waals surface area (Å²) in [5.74, 6) is 2.16. The Labute approximate surface area is 188 Å². The topological polar surface area (TPSA) is 47.6 Å². The molecule has 1 heterocycles. The van der Waals surface area contributed by atoms with Gasteiger partial charge in [-0.2, -0.15) is 0 Å². The minimum atomic E-state index is -0.0122. The summed E-state index contributed by atoms with van der Waals surface area (Å²) in [4.78, 5) is 11.5. The Morgan fingerprint density at radius 3 is 2.35 bits per heavy atom. The molecule has 0 aliphatic carbocycles. The van der Waals surface area contributed by atoms with Gasteiger partial charge in [-0.25, -0.2) is 0 Å². The number of hydrogen-bond donors (Lipinski definition) is 1. The molecular formula is C27H39NO3. The molecule has 31 heavy (non-hydrogen) atoms. The Hall–Kier alpha value is -2.49. The van der Waals surface area contributed by atoms with Crippen LogP contribution >= 0.6 is 0 Å². The van der Waals surface area contributed by atoms with Gasteiger partial charge < -0.3 is 14.8 Å². The van der Waals surface area contributed by atoms with Gasteiger partial charge in [0.1, 0.15) is 0 Å². The summed E-state index contributed by atoms with van der Waals surface area (Å²) in [6.45, 7) is 5.23. The van der Waals surface area contributed by atoms with Crippen LogP contribution in [0.25, 0.3) is 6.08 Å². The Morgan fingerprint density at radius 2 is 1.61 bits per heavy atom. The van der Waals surface area contributed by atoms with Crippen LogP contribution in [0.3, 0.4) is 0 Å². The molecule has 0 saturated heterocycles. The maximum absolute atomic E-state index is 11.5. The van der Waals surface area contributed by atoms with Gasteiger partial charge in [0.25, 0.3) is 0 Å². The zero-order chi connectivity index (χ0) is 22.2. The van der Waals surface area contributed by atoms with E-state index in [9.17, 15) is 4.79 Å². The van der Waals surface area contributed by atoms with Gasteiger partial charge in [0.05, 0.1) is 0 Å². The third-order valence-corrected chi connectivity index (χ3v) is 5.13. The molecule has 0 unspecified atom stereocenters. The maximum atomic E-state index is 11.5. The zero-order valence-electron chi connectivity index (χ0n) is 19.3. The number of fused-ring (bicyclic) bond motifs is 1. The summed E-state index contributed by atoms with van der Waals surface area (Å²) in [5, 5.41) is 2.87. The first-order valence-corrected chi connectivity index (χ1v) is 11.8. The van der Waals surface area contributed by atoms with Crippen molar-refractivity contribution in [1.29, 1.82) is 0 Å². The highest BCUT2D eigenvalue weighted by atomic mass is 16.7. The van der Waals surface area contributed by atoms with Crippen LogP contribution in [0.2, 0.25) is 0 Å². The van der Waals surface area contributed by atoms with Crippen LogP contribution in [0.15, 0.2) is 48.6 Å². The summed E-state index contributed by atoms with van der Waals surface area (Å²) in [6.07, 6.45) is 23.2.